The van der Waals surface area contributed by atoms with Crippen molar-refractivity contribution in [3.63, 3.8) is 0 Å². The number of carbonyl (C=O) groups excluding carboxylic acids is 4. The summed E-state index contributed by atoms with van der Waals surface area (Å²) in [5, 5.41) is 3.06. The second kappa shape index (κ2) is 9.90. The number of hydrogen-bond acceptors (Lipinski definition) is 5. The molecule has 3 amide bonds. The Bertz CT molecular complexity index is 1100. The number of fused-ring (bicyclic) bond motifs is 1. The normalized spacial score (nSPS) is 13.7. The van der Waals surface area contributed by atoms with Gasteiger partial charge in [0.15, 0.2) is 6.10 Å². The van der Waals surface area contributed by atoms with Crippen molar-refractivity contribution in [3.05, 3.63) is 62.1 Å². The molecular formula is C22H19Cl3N2O5. The highest BCUT2D eigenvalue weighted by Gasteiger charge is 2.35. The van der Waals surface area contributed by atoms with E-state index in [2.05, 4.69) is 5.32 Å². The minimum atomic E-state index is -1.20. The smallest absolute Gasteiger partial charge is 0.338 e. The highest BCUT2D eigenvalue weighted by atomic mass is 35.5. The molecule has 1 heterocycles. The van der Waals surface area contributed by atoms with Crippen LogP contribution in [-0.2, 0) is 9.53 Å². The third-order valence-electron chi connectivity index (χ3n) is 4.85. The van der Waals surface area contributed by atoms with Crippen LogP contribution in [0.1, 0.15) is 57.8 Å². The Morgan fingerprint density at radius 1 is 1.03 bits per heavy atom. The Balaban J connectivity index is 1.70. The summed E-state index contributed by atoms with van der Waals surface area (Å²) in [6.45, 7) is 3.65. The van der Waals surface area contributed by atoms with Crippen molar-refractivity contribution in [2.75, 3.05) is 11.9 Å². The molecular weight excluding hydrogens is 479 g/mol. The van der Waals surface area contributed by atoms with Crippen LogP contribution in [0.4, 0.5) is 5.69 Å². The van der Waals surface area contributed by atoms with E-state index in [1.807, 2.05) is 6.92 Å². The van der Waals surface area contributed by atoms with E-state index in [1.165, 1.54) is 42.2 Å². The number of nitrogens with zero attached hydrogens (tertiary/aromatic N) is 1. The molecule has 0 saturated carbocycles. The maximum atomic E-state index is 12.6. The summed E-state index contributed by atoms with van der Waals surface area (Å²) in [6.07, 6.45) is 0.323. The monoisotopic (exact) mass is 496 g/mol. The molecule has 1 N–H and O–H groups in total. The van der Waals surface area contributed by atoms with Gasteiger partial charge in [0.2, 0.25) is 0 Å². The topological polar surface area (TPSA) is 92.8 Å². The predicted octanol–water partition coefficient (Wildman–Crippen LogP) is 5.23. The molecule has 0 saturated heterocycles. The number of nitrogens with one attached hydrogen (secondary N) is 1. The number of imide groups is 1. The fraction of sp³-hybridized carbons (Fsp3) is 0.273. The minimum Gasteiger partial charge on any atom is -0.449 e. The van der Waals surface area contributed by atoms with Gasteiger partial charge in [-0.2, -0.15) is 0 Å². The van der Waals surface area contributed by atoms with Crippen LogP contribution in [0.5, 0.6) is 0 Å². The summed E-state index contributed by atoms with van der Waals surface area (Å²) in [4.78, 5) is 51.1. The molecule has 0 radical (unpaired) electrons. The van der Waals surface area contributed by atoms with E-state index in [9.17, 15) is 19.2 Å². The highest BCUT2D eigenvalue weighted by molar-refractivity contribution is 6.42. The Morgan fingerprint density at radius 2 is 1.66 bits per heavy atom. The van der Waals surface area contributed by atoms with Crippen LogP contribution < -0.4 is 5.32 Å². The van der Waals surface area contributed by atoms with E-state index in [0.717, 1.165) is 6.42 Å². The van der Waals surface area contributed by atoms with Gasteiger partial charge in [-0.05, 0) is 43.7 Å². The van der Waals surface area contributed by atoms with Gasteiger partial charge in [-0.15, -0.1) is 0 Å². The number of benzene rings is 2. The van der Waals surface area contributed by atoms with Crippen molar-refractivity contribution in [1.29, 1.82) is 0 Å². The molecule has 2 aromatic rings. The van der Waals surface area contributed by atoms with Gasteiger partial charge in [-0.3, -0.25) is 19.3 Å². The van der Waals surface area contributed by atoms with Crippen LogP contribution in [0.3, 0.4) is 0 Å². The standard InChI is InChI=1S/C22H19Cl3N2O5/c1-3-4-7-27-20(29)14-6-5-12(8-15(14)21(27)30)22(31)32-11(2)19(28)26-18-16(24)9-13(23)10-17(18)25/h5-6,8-11H,3-4,7H2,1-2H3,(H,26,28). The van der Waals surface area contributed by atoms with Crippen molar-refractivity contribution in [3.8, 4) is 0 Å². The van der Waals surface area contributed by atoms with E-state index >= 15 is 0 Å². The van der Waals surface area contributed by atoms with Gasteiger partial charge < -0.3 is 10.1 Å². The second-order valence-corrected chi connectivity index (χ2v) is 8.41. The SMILES string of the molecule is CCCCN1C(=O)c2ccc(C(=O)OC(C)C(=O)Nc3c(Cl)cc(Cl)cc3Cl)cc2C1=O. The van der Waals surface area contributed by atoms with E-state index in [1.54, 1.807) is 0 Å². The van der Waals surface area contributed by atoms with Crippen molar-refractivity contribution in [2.24, 2.45) is 0 Å². The molecule has 2 aromatic carbocycles. The number of unbranched alkanes of at least 4 members (excludes halogenated alkanes) is 1. The van der Waals surface area contributed by atoms with Gasteiger partial charge in [0.05, 0.1) is 32.4 Å². The lowest BCUT2D eigenvalue weighted by atomic mass is 10.1. The lowest BCUT2D eigenvalue weighted by Gasteiger charge is -2.15. The second-order valence-electron chi connectivity index (χ2n) is 7.16. The van der Waals surface area contributed by atoms with Crippen LogP contribution >= 0.6 is 34.8 Å². The molecule has 1 aliphatic heterocycles. The third-order valence-corrected chi connectivity index (χ3v) is 5.66. The lowest BCUT2D eigenvalue weighted by Crippen LogP contribution is -2.30. The lowest BCUT2D eigenvalue weighted by molar-refractivity contribution is -0.123. The first-order valence-corrected chi connectivity index (χ1v) is 10.9. The van der Waals surface area contributed by atoms with Crippen molar-refractivity contribution in [1.82, 2.24) is 4.90 Å². The van der Waals surface area contributed by atoms with Gasteiger partial charge in [0.25, 0.3) is 17.7 Å². The van der Waals surface area contributed by atoms with Crippen LogP contribution in [0.25, 0.3) is 0 Å². The number of halogens is 3. The van der Waals surface area contributed by atoms with Crippen molar-refractivity contribution < 1.29 is 23.9 Å². The van der Waals surface area contributed by atoms with Gasteiger partial charge in [0.1, 0.15) is 0 Å². The van der Waals surface area contributed by atoms with Crippen LogP contribution in [-0.4, -0.2) is 41.2 Å². The summed E-state index contributed by atoms with van der Waals surface area (Å²) in [5.74, 6) is -2.33. The molecule has 0 fully saturated rings. The molecule has 0 bridgehead atoms. The maximum Gasteiger partial charge on any atom is 0.338 e. The van der Waals surface area contributed by atoms with E-state index in [4.69, 9.17) is 39.5 Å². The molecule has 3 rings (SSSR count). The quantitative estimate of drug-likeness (QED) is 0.418. The Hall–Kier alpha value is -2.61. The van der Waals surface area contributed by atoms with Crippen LogP contribution in [0.15, 0.2) is 30.3 Å². The summed E-state index contributed by atoms with van der Waals surface area (Å²) in [7, 11) is 0. The summed E-state index contributed by atoms with van der Waals surface area (Å²) < 4.78 is 5.21. The van der Waals surface area contributed by atoms with E-state index < -0.39 is 23.9 Å². The molecule has 0 aromatic heterocycles. The number of hydrogen-bond donors (Lipinski definition) is 1. The number of amides is 3. The molecule has 32 heavy (non-hydrogen) atoms. The number of rotatable bonds is 7. The van der Waals surface area contributed by atoms with E-state index in [0.29, 0.717) is 18.0 Å². The molecule has 1 atom stereocenters. The summed E-state index contributed by atoms with van der Waals surface area (Å²) in [6, 6.07) is 6.92. The van der Waals surface area contributed by atoms with Gasteiger partial charge >= 0.3 is 5.97 Å². The molecule has 0 spiro atoms. The number of carbonyl (C=O) groups is 4. The van der Waals surface area contributed by atoms with E-state index in [-0.39, 0.29) is 38.3 Å². The number of esters is 1. The molecule has 1 aliphatic rings. The summed E-state index contributed by atoms with van der Waals surface area (Å²) >= 11 is 18.0. The molecule has 0 aliphatic carbocycles. The predicted molar refractivity (Wildman–Crippen MR) is 122 cm³/mol. The molecule has 1 unspecified atom stereocenters. The average Bonchev–Trinajstić information content (AvgIpc) is 2.98. The van der Waals surface area contributed by atoms with Crippen molar-refractivity contribution in [2.45, 2.75) is 32.8 Å². The Morgan fingerprint density at radius 3 is 2.28 bits per heavy atom. The Labute approximate surface area is 199 Å². The third kappa shape index (κ3) is 4.90. The van der Waals surface area contributed by atoms with Crippen LogP contribution in [0.2, 0.25) is 15.1 Å². The zero-order valence-electron chi connectivity index (χ0n) is 17.2. The molecule has 168 valence electrons. The van der Waals surface area contributed by atoms with Gasteiger partial charge in [0, 0.05) is 11.6 Å². The zero-order valence-corrected chi connectivity index (χ0v) is 19.5. The fourth-order valence-electron chi connectivity index (χ4n) is 3.11. The first-order valence-electron chi connectivity index (χ1n) is 9.80. The fourth-order valence-corrected chi connectivity index (χ4v) is 4.02. The minimum absolute atomic E-state index is 0.0458. The molecule has 10 heteroatoms. The maximum absolute atomic E-state index is 12.6. The number of anilines is 1. The first kappa shape index (κ1) is 24.0. The van der Waals surface area contributed by atoms with Crippen molar-refractivity contribution >= 4 is 64.2 Å². The first-order chi connectivity index (χ1) is 15.1. The Kier molecular flexibility index (Phi) is 7.44. The van der Waals surface area contributed by atoms with Gasteiger partial charge in [-0.1, -0.05) is 48.1 Å². The average molecular weight is 498 g/mol. The summed E-state index contributed by atoms with van der Waals surface area (Å²) in [5.41, 5.74) is 0.557. The number of ether oxygens (including phenoxy) is 1. The highest BCUT2D eigenvalue weighted by Crippen LogP contribution is 2.34. The van der Waals surface area contributed by atoms with Crippen LogP contribution in [0, 0.1) is 0 Å². The zero-order chi connectivity index (χ0) is 23.6. The molecule has 7 nitrogen and oxygen atoms in total. The largest absolute Gasteiger partial charge is 0.449 e. The van der Waals surface area contributed by atoms with Gasteiger partial charge in [-0.25, -0.2) is 4.79 Å².